The number of hydrogen-bond acceptors (Lipinski definition) is 1. The number of nitrogens with one attached hydrogen (secondary N) is 1. The van der Waals surface area contributed by atoms with Gasteiger partial charge in [0, 0.05) is 0 Å². The Morgan fingerprint density at radius 1 is 1.06 bits per heavy atom. The molecular weight excluding hydrogens is 194 g/mol. The maximum absolute atomic E-state index is 3.67. The lowest BCUT2D eigenvalue weighted by Gasteiger charge is -2.14. The van der Waals surface area contributed by atoms with E-state index in [-0.39, 0.29) is 0 Å². The van der Waals surface area contributed by atoms with Crippen molar-refractivity contribution in [2.24, 2.45) is 5.92 Å². The maximum atomic E-state index is 3.67. The fourth-order valence-corrected chi connectivity index (χ4v) is 3.09. The summed E-state index contributed by atoms with van der Waals surface area (Å²) in [5.41, 5.74) is 1.70. The van der Waals surface area contributed by atoms with Crippen LogP contribution < -0.4 is 5.32 Å². The Morgan fingerprint density at radius 3 is 2.56 bits per heavy atom. The third-order valence-corrected chi connectivity index (χ3v) is 4.17. The molecule has 92 valence electrons. The molecule has 1 saturated carbocycles. The zero-order chi connectivity index (χ0) is 11.1. The van der Waals surface area contributed by atoms with Gasteiger partial charge in [-0.05, 0) is 57.5 Å². The van der Waals surface area contributed by atoms with Crippen molar-refractivity contribution in [2.75, 3.05) is 13.1 Å². The summed E-state index contributed by atoms with van der Waals surface area (Å²) in [7, 11) is 0. The molecular formula is C15H27N. The highest BCUT2D eigenvalue weighted by molar-refractivity contribution is 5.07. The molecule has 2 aliphatic rings. The Hall–Kier alpha value is -0.300. The fraction of sp³-hybridized carbons (Fsp3) is 0.867. The Morgan fingerprint density at radius 2 is 1.88 bits per heavy atom. The molecule has 0 atom stereocenters. The SMILES string of the molecule is C1=C(CCNCC2CCCCCC2)CCC1. The summed E-state index contributed by atoms with van der Waals surface area (Å²) < 4.78 is 0. The van der Waals surface area contributed by atoms with Crippen LogP contribution in [0.25, 0.3) is 0 Å². The molecule has 0 spiro atoms. The van der Waals surface area contributed by atoms with Crippen molar-refractivity contribution in [3.63, 3.8) is 0 Å². The Bertz CT molecular complexity index is 211. The van der Waals surface area contributed by atoms with Gasteiger partial charge in [-0.25, -0.2) is 0 Å². The molecule has 0 aliphatic heterocycles. The van der Waals surface area contributed by atoms with Gasteiger partial charge >= 0.3 is 0 Å². The van der Waals surface area contributed by atoms with Crippen molar-refractivity contribution in [3.05, 3.63) is 11.6 Å². The molecule has 0 heterocycles. The van der Waals surface area contributed by atoms with Gasteiger partial charge in [0.2, 0.25) is 0 Å². The van der Waals surface area contributed by atoms with Crippen molar-refractivity contribution in [3.8, 4) is 0 Å². The molecule has 0 bridgehead atoms. The molecule has 16 heavy (non-hydrogen) atoms. The van der Waals surface area contributed by atoms with Gasteiger partial charge in [0.05, 0.1) is 0 Å². The van der Waals surface area contributed by atoms with E-state index in [9.17, 15) is 0 Å². The third kappa shape index (κ3) is 4.29. The quantitative estimate of drug-likeness (QED) is 0.419. The Balaban J connectivity index is 1.53. The average molecular weight is 221 g/mol. The molecule has 1 N–H and O–H groups in total. The Labute approximate surface area is 101 Å². The van der Waals surface area contributed by atoms with E-state index in [2.05, 4.69) is 11.4 Å². The summed E-state index contributed by atoms with van der Waals surface area (Å²) in [6.07, 6.45) is 16.7. The molecule has 1 nitrogen and oxygen atoms in total. The fourth-order valence-electron chi connectivity index (χ4n) is 3.09. The molecule has 2 aliphatic carbocycles. The van der Waals surface area contributed by atoms with Gasteiger partial charge in [-0.3, -0.25) is 0 Å². The summed E-state index contributed by atoms with van der Waals surface area (Å²) in [6.45, 7) is 2.48. The summed E-state index contributed by atoms with van der Waals surface area (Å²) in [5.74, 6) is 0.972. The molecule has 0 amide bonds. The van der Waals surface area contributed by atoms with E-state index in [0.29, 0.717) is 0 Å². The van der Waals surface area contributed by atoms with E-state index in [1.165, 1.54) is 77.3 Å². The first kappa shape index (κ1) is 12.2. The summed E-state index contributed by atoms with van der Waals surface area (Å²) in [5, 5.41) is 3.67. The van der Waals surface area contributed by atoms with Crippen LogP contribution in [0.1, 0.15) is 64.2 Å². The highest BCUT2D eigenvalue weighted by atomic mass is 14.9. The minimum atomic E-state index is 0.972. The van der Waals surface area contributed by atoms with Gasteiger partial charge in [-0.1, -0.05) is 37.3 Å². The van der Waals surface area contributed by atoms with Crippen LogP contribution in [0, 0.1) is 5.92 Å². The van der Waals surface area contributed by atoms with Crippen LogP contribution in [0.2, 0.25) is 0 Å². The third-order valence-electron chi connectivity index (χ3n) is 4.17. The summed E-state index contributed by atoms with van der Waals surface area (Å²) in [6, 6.07) is 0. The minimum Gasteiger partial charge on any atom is -0.316 e. The number of rotatable bonds is 5. The lowest BCUT2D eigenvalue weighted by Crippen LogP contribution is -2.23. The largest absolute Gasteiger partial charge is 0.316 e. The zero-order valence-corrected chi connectivity index (χ0v) is 10.6. The molecule has 0 saturated heterocycles. The van der Waals surface area contributed by atoms with Crippen molar-refractivity contribution in [1.29, 1.82) is 0 Å². The van der Waals surface area contributed by atoms with Crippen molar-refractivity contribution in [2.45, 2.75) is 64.2 Å². The number of allylic oxidation sites excluding steroid dienone is 1. The highest BCUT2D eigenvalue weighted by Crippen LogP contribution is 2.22. The minimum absolute atomic E-state index is 0.972. The first-order chi connectivity index (χ1) is 7.95. The molecule has 0 aromatic carbocycles. The second-order valence-corrected chi connectivity index (χ2v) is 5.57. The van der Waals surface area contributed by atoms with E-state index in [0.717, 1.165) is 5.92 Å². The lowest BCUT2D eigenvalue weighted by atomic mass is 10.0. The molecule has 1 fully saturated rings. The van der Waals surface area contributed by atoms with Crippen LogP contribution in [-0.4, -0.2) is 13.1 Å². The standard InChI is InChI=1S/C15H27N/c1-2-4-10-15(9-3-1)13-16-12-11-14-7-5-6-8-14/h7,15-16H,1-6,8-13H2. The van der Waals surface area contributed by atoms with Gasteiger partial charge in [0.15, 0.2) is 0 Å². The van der Waals surface area contributed by atoms with Gasteiger partial charge in [0.25, 0.3) is 0 Å². The molecule has 0 radical (unpaired) electrons. The van der Waals surface area contributed by atoms with Crippen LogP contribution in [-0.2, 0) is 0 Å². The topological polar surface area (TPSA) is 12.0 Å². The van der Waals surface area contributed by atoms with Gasteiger partial charge < -0.3 is 5.32 Å². The number of hydrogen-bond donors (Lipinski definition) is 1. The Kier molecular flexibility index (Phi) is 5.41. The van der Waals surface area contributed by atoms with E-state index in [1.54, 1.807) is 5.57 Å². The predicted molar refractivity (Wildman–Crippen MR) is 70.6 cm³/mol. The molecule has 1 heteroatoms. The molecule has 0 aromatic heterocycles. The van der Waals surface area contributed by atoms with E-state index < -0.39 is 0 Å². The normalized spacial score (nSPS) is 23.1. The van der Waals surface area contributed by atoms with Gasteiger partial charge in [-0.15, -0.1) is 0 Å². The lowest BCUT2D eigenvalue weighted by molar-refractivity contribution is 0.427. The van der Waals surface area contributed by atoms with Crippen molar-refractivity contribution >= 4 is 0 Å². The molecule has 0 unspecified atom stereocenters. The smallest absolute Gasteiger partial charge is 0.00115 e. The summed E-state index contributed by atoms with van der Waals surface area (Å²) in [4.78, 5) is 0. The van der Waals surface area contributed by atoms with E-state index in [4.69, 9.17) is 0 Å². The van der Waals surface area contributed by atoms with Gasteiger partial charge in [-0.2, -0.15) is 0 Å². The second kappa shape index (κ2) is 7.11. The predicted octanol–water partition coefficient (Wildman–Crippen LogP) is 4.05. The van der Waals surface area contributed by atoms with Crippen LogP contribution in [0.4, 0.5) is 0 Å². The van der Waals surface area contributed by atoms with Gasteiger partial charge in [0.1, 0.15) is 0 Å². The average Bonchev–Trinajstić information content (AvgIpc) is 2.68. The van der Waals surface area contributed by atoms with Crippen LogP contribution in [0.5, 0.6) is 0 Å². The zero-order valence-electron chi connectivity index (χ0n) is 10.6. The molecule has 2 rings (SSSR count). The van der Waals surface area contributed by atoms with Crippen LogP contribution in [0.3, 0.4) is 0 Å². The van der Waals surface area contributed by atoms with E-state index in [1.807, 2.05) is 0 Å². The van der Waals surface area contributed by atoms with Crippen LogP contribution in [0.15, 0.2) is 11.6 Å². The van der Waals surface area contributed by atoms with Crippen molar-refractivity contribution in [1.82, 2.24) is 5.32 Å². The second-order valence-electron chi connectivity index (χ2n) is 5.57. The van der Waals surface area contributed by atoms with Crippen molar-refractivity contribution < 1.29 is 0 Å². The monoisotopic (exact) mass is 221 g/mol. The molecule has 0 aromatic rings. The first-order valence-corrected chi connectivity index (χ1v) is 7.34. The highest BCUT2D eigenvalue weighted by Gasteiger charge is 2.11. The van der Waals surface area contributed by atoms with Crippen LogP contribution >= 0.6 is 0 Å². The maximum Gasteiger partial charge on any atom is -0.00115 e. The summed E-state index contributed by atoms with van der Waals surface area (Å²) >= 11 is 0. The first-order valence-electron chi connectivity index (χ1n) is 7.34. The van der Waals surface area contributed by atoms with E-state index >= 15 is 0 Å².